The Morgan fingerprint density at radius 2 is 1.60 bits per heavy atom. The Kier molecular flexibility index (Phi) is 4.01. The van der Waals surface area contributed by atoms with Crippen LogP contribution in [-0.4, -0.2) is 25.7 Å². The summed E-state index contributed by atoms with van der Waals surface area (Å²) in [4.78, 5) is 21.9. The summed E-state index contributed by atoms with van der Waals surface area (Å²) in [7, 11) is 0. The quantitative estimate of drug-likeness (QED) is 0.398. The van der Waals surface area contributed by atoms with E-state index in [0.29, 0.717) is 5.16 Å². The lowest BCUT2D eigenvalue weighted by atomic mass is 10.2. The summed E-state index contributed by atoms with van der Waals surface area (Å²) in [6, 6.07) is 17.9. The van der Waals surface area contributed by atoms with Gasteiger partial charge in [-0.15, -0.1) is 0 Å². The molecule has 0 bridgehead atoms. The minimum atomic E-state index is -0.291. The van der Waals surface area contributed by atoms with Crippen molar-refractivity contribution in [3.63, 3.8) is 0 Å². The monoisotopic (exact) mass is 347 g/mol. The number of thioether (sulfide) groups is 1. The van der Waals surface area contributed by atoms with Gasteiger partial charge in [0.25, 0.3) is 0 Å². The highest BCUT2D eigenvalue weighted by Crippen LogP contribution is 2.30. The molecule has 0 saturated carbocycles. The van der Waals surface area contributed by atoms with Crippen molar-refractivity contribution in [2.24, 2.45) is 0 Å². The van der Waals surface area contributed by atoms with Gasteiger partial charge in [0, 0.05) is 22.7 Å². The van der Waals surface area contributed by atoms with E-state index in [1.165, 1.54) is 11.8 Å². The number of aryl methyl sites for hydroxylation is 1. The number of fused-ring (bicyclic) bond motifs is 3. The van der Waals surface area contributed by atoms with Crippen LogP contribution in [0.1, 0.15) is 17.4 Å². The molecule has 2 aromatic heterocycles. The number of hydrogen-bond donors (Lipinski definition) is 0. The van der Waals surface area contributed by atoms with Crippen LogP contribution in [0.4, 0.5) is 0 Å². The van der Waals surface area contributed by atoms with Crippen molar-refractivity contribution in [2.75, 3.05) is 0 Å². The first kappa shape index (κ1) is 15.8. The maximum absolute atomic E-state index is 13.2. The number of para-hydroxylation sites is 2. The topological polar surface area (TPSA) is 47.8 Å². The third kappa shape index (κ3) is 2.81. The fourth-order valence-corrected chi connectivity index (χ4v) is 3.87. The molecule has 1 unspecified atom stereocenters. The number of nitrogens with zero attached hydrogens (tertiary/aromatic N) is 3. The zero-order chi connectivity index (χ0) is 17.4. The van der Waals surface area contributed by atoms with Crippen LogP contribution >= 0.6 is 11.8 Å². The van der Waals surface area contributed by atoms with Crippen molar-refractivity contribution >= 4 is 39.5 Å². The summed E-state index contributed by atoms with van der Waals surface area (Å²) in [6.45, 7) is 3.83. The molecule has 25 heavy (non-hydrogen) atoms. The van der Waals surface area contributed by atoms with Crippen molar-refractivity contribution in [3.05, 3.63) is 66.5 Å². The normalized spacial score (nSPS) is 12.6. The minimum Gasteiger partial charge on any atom is -0.279 e. The predicted octanol–water partition coefficient (Wildman–Crippen LogP) is 4.71. The first-order valence-electron chi connectivity index (χ1n) is 8.14. The van der Waals surface area contributed by atoms with Gasteiger partial charge >= 0.3 is 0 Å². The molecule has 4 nitrogen and oxygen atoms in total. The molecule has 4 rings (SSSR count). The SMILES string of the molecule is Cc1ccnc(SC(C)C(=O)n2c3ccccc3c3ccccc32)n1. The Hall–Kier alpha value is -2.66. The van der Waals surface area contributed by atoms with Crippen molar-refractivity contribution in [3.8, 4) is 0 Å². The van der Waals surface area contributed by atoms with Crippen LogP contribution in [0, 0.1) is 6.92 Å². The molecule has 0 radical (unpaired) electrons. The van der Waals surface area contributed by atoms with Crippen molar-refractivity contribution in [2.45, 2.75) is 24.3 Å². The molecule has 2 aromatic carbocycles. The Bertz CT molecular complexity index is 1030. The summed E-state index contributed by atoms with van der Waals surface area (Å²) in [5.41, 5.74) is 2.77. The van der Waals surface area contributed by atoms with E-state index in [1.807, 2.05) is 60.9 Å². The second kappa shape index (κ2) is 6.33. The number of benzene rings is 2. The summed E-state index contributed by atoms with van der Waals surface area (Å²) in [6.07, 6.45) is 1.72. The van der Waals surface area contributed by atoms with Crippen molar-refractivity contribution in [1.82, 2.24) is 14.5 Å². The van der Waals surface area contributed by atoms with Crippen LogP contribution in [0.15, 0.2) is 66.0 Å². The summed E-state index contributed by atoms with van der Waals surface area (Å²) >= 11 is 1.39. The van der Waals surface area contributed by atoms with Gasteiger partial charge in [-0.3, -0.25) is 9.36 Å². The largest absolute Gasteiger partial charge is 0.279 e. The number of carbonyl (C=O) groups excluding carboxylic acids is 1. The van der Waals surface area contributed by atoms with E-state index < -0.39 is 0 Å². The first-order chi connectivity index (χ1) is 12.1. The second-order valence-corrected chi connectivity index (χ2v) is 7.26. The molecular weight excluding hydrogens is 330 g/mol. The third-order valence-corrected chi connectivity index (χ3v) is 5.17. The molecule has 124 valence electrons. The molecule has 0 aliphatic rings. The third-order valence-electron chi connectivity index (χ3n) is 4.20. The molecule has 0 fully saturated rings. The first-order valence-corrected chi connectivity index (χ1v) is 9.02. The van der Waals surface area contributed by atoms with E-state index in [0.717, 1.165) is 27.5 Å². The average Bonchev–Trinajstić information content (AvgIpc) is 2.95. The van der Waals surface area contributed by atoms with E-state index in [1.54, 1.807) is 6.20 Å². The minimum absolute atomic E-state index is 0.0347. The molecule has 0 aliphatic heterocycles. The molecule has 0 aliphatic carbocycles. The smallest absolute Gasteiger partial charge is 0.244 e. The zero-order valence-electron chi connectivity index (χ0n) is 14.0. The van der Waals surface area contributed by atoms with Gasteiger partial charge < -0.3 is 0 Å². The van der Waals surface area contributed by atoms with Crippen molar-refractivity contribution in [1.29, 1.82) is 0 Å². The average molecular weight is 347 g/mol. The van der Waals surface area contributed by atoms with Crippen LogP contribution < -0.4 is 0 Å². The second-order valence-electron chi connectivity index (χ2n) is 5.95. The molecular formula is C20H17N3OS. The van der Waals surface area contributed by atoms with Crippen LogP contribution in [-0.2, 0) is 0 Å². The fraction of sp³-hybridized carbons (Fsp3) is 0.150. The van der Waals surface area contributed by atoms with E-state index in [9.17, 15) is 4.79 Å². The standard InChI is InChI=1S/C20H17N3OS/c1-13-11-12-21-20(22-13)25-14(2)19(24)23-17-9-5-3-7-15(17)16-8-4-6-10-18(16)23/h3-12,14H,1-2H3. The van der Waals surface area contributed by atoms with Gasteiger partial charge in [-0.2, -0.15) is 0 Å². The van der Waals surface area contributed by atoms with Gasteiger partial charge in [0.1, 0.15) is 0 Å². The maximum atomic E-state index is 13.2. The fourth-order valence-electron chi connectivity index (χ4n) is 3.03. The van der Waals surface area contributed by atoms with E-state index >= 15 is 0 Å². The maximum Gasteiger partial charge on any atom is 0.244 e. The molecule has 4 aromatic rings. The Morgan fingerprint density at radius 3 is 2.20 bits per heavy atom. The molecule has 0 saturated heterocycles. The van der Waals surface area contributed by atoms with Gasteiger partial charge in [-0.1, -0.05) is 48.2 Å². The van der Waals surface area contributed by atoms with Gasteiger partial charge in [-0.25, -0.2) is 9.97 Å². The highest BCUT2D eigenvalue weighted by atomic mass is 32.2. The Morgan fingerprint density at radius 1 is 1.00 bits per heavy atom. The predicted molar refractivity (Wildman–Crippen MR) is 102 cm³/mol. The lowest BCUT2D eigenvalue weighted by molar-refractivity contribution is 0.0925. The number of hydrogen-bond acceptors (Lipinski definition) is 4. The van der Waals surface area contributed by atoms with Gasteiger partial charge in [0.05, 0.1) is 16.3 Å². The van der Waals surface area contributed by atoms with E-state index in [2.05, 4.69) is 22.1 Å². The van der Waals surface area contributed by atoms with Crippen LogP contribution in [0.5, 0.6) is 0 Å². The molecule has 2 heterocycles. The van der Waals surface area contributed by atoms with Gasteiger partial charge in [0.15, 0.2) is 5.16 Å². The molecule has 5 heteroatoms. The van der Waals surface area contributed by atoms with E-state index in [-0.39, 0.29) is 11.2 Å². The van der Waals surface area contributed by atoms with Crippen LogP contribution in [0.25, 0.3) is 21.8 Å². The number of carbonyl (C=O) groups is 1. The molecule has 0 amide bonds. The van der Waals surface area contributed by atoms with Crippen LogP contribution in [0.2, 0.25) is 0 Å². The van der Waals surface area contributed by atoms with Gasteiger partial charge in [-0.05, 0) is 32.0 Å². The van der Waals surface area contributed by atoms with Gasteiger partial charge in [0.2, 0.25) is 5.91 Å². The lowest BCUT2D eigenvalue weighted by Gasteiger charge is -2.12. The highest BCUT2D eigenvalue weighted by molar-refractivity contribution is 8.00. The lowest BCUT2D eigenvalue weighted by Crippen LogP contribution is -2.21. The Balaban J connectivity index is 1.78. The zero-order valence-corrected chi connectivity index (χ0v) is 14.8. The summed E-state index contributed by atoms with van der Waals surface area (Å²) < 4.78 is 1.82. The molecule has 1 atom stereocenters. The Labute approximate surface area is 149 Å². The molecule has 0 spiro atoms. The molecule has 0 N–H and O–H groups in total. The van der Waals surface area contributed by atoms with Crippen LogP contribution in [0.3, 0.4) is 0 Å². The number of aromatic nitrogens is 3. The number of rotatable bonds is 3. The van der Waals surface area contributed by atoms with Crippen molar-refractivity contribution < 1.29 is 4.79 Å². The van der Waals surface area contributed by atoms with E-state index in [4.69, 9.17) is 0 Å². The highest BCUT2D eigenvalue weighted by Gasteiger charge is 2.22. The summed E-state index contributed by atoms with van der Waals surface area (Å²) in [5.74, 6) is 0.0347. The summed E-state index contributed by atoms with van der Waals surface area (Å²) in [5, 5.41) is 2.52.